The Balaban J connectivity index is 2.61. The Bertz CT molecular complexity index is 368. The van der Waals surface area contributed by atoms with E-state index >= 15 is 0 Å². The number of unbranched alkanes of at least 4 members (excludes halogenated alkanes) is 1. The summed E-state index contributed by atoms with van der Waals surface area (Å²) in [5, 5.41) is 11.2. The molecule has 0 saturated carbocycles. The maximum absolute atomic E-state index is 13.0. The van der Waals surface area contributed by atoms with E-state index in [2.05, 4.69) is 12.2 Å². The SMILES string of the molecule is CCCC[C@@H](Cc1cccc(F)c1)NC(=O)O. The highest BCUT2D eigenvalue weighted by Gasteiger charge is 2.11. The molecule has 1 amide bonds. The van der Waals surface area contributed by atoms with Crippen LogP contribution in [0.2, 0.25) is 0 Å². The van der Waals surface area contributed by atoms with Gasteiger partial charge in [0.2, 0.25) is 0 Å². The van der Waals surface area contributed by atoms with Crippen LogP contribution in [-0.4, -0.2) is 17.2 Å². The first-order valence-electron chi connectivity index (χ1n) is 5.85. The van der Waals surface area contributed by atoms with E-state index in [4.69, 9.17) is 5.11 Å². The molecule has 1 aromatic rings. The maximum Gasteiger partial charge on any atom is 0.404 e. The lowest BCUT2D eigenvalue weighted by Crippen LogP contribution is -2.35. The summed E-state index contributed by atoms with van der Waals surface area (Å²) in [7, 11) is 0. The summed E-state index contributed by atoms with van der Waals surface area (Å²) in [5.74, 6) is -0.285. The maximum atomic E-state index is 13.0. The van der Waals surface area contributed by atoms with Gasteiger partial charge in [-0.05, 0) is 30.5 Å². The second kappa shape index (κ2) is 6.89. The Kier molecular flexibility index (Phi) is 5.46. The predicted octanol–water partition coefficient (Wildman–Crippen LogP) is 3.19. The number of amides is 1. The molecule has 94 valence electrons. The largest absolute Gasteiger partial charge is 0.465 e. The standard InChI is InChI=1S/C13H18FNO2/c1-2-3-7-12(15-13(16)17)9-10-5-4-6-11(14)8-10/h4-6,8,12,15H,2-3,7,9H2,1H3,(H,16,17)/t12-/m0/s1. The monoisotopic (exact) mass is 239 g/mol. The van der Waals surface area contributed by atoms with Crippen LogP contribution in [-0.2, 0) is 6.42 Å². The molecule has 1 aromatic carbocycles. The summed E-state index contributed by atoms with van der Waals surface area (Å²) in [5.41, 5.74) is 0.819. The normalized spacial score (nSPS) is 12.1. The lowest BCUT2D eigenvalue weighted by molar-refractivity contribution is 0.188. The lowest BCUT2D eigenvalue weighted by atomic mass is 10.0. The van der Waals surface area contributed by atoms with Crippen LogP contribution < -0.4 is 5.32 Å². The number of hydrogen-bond acceptors (Lipinski definition) is 1. The molecular weight excluding hydrogens is 221 g/mol. The van der Waals surface area contributed by atoms with Crippen LogP contribution in [0.5, 0.6) is 0 Å². The van der Waals surface area contributed by atoms with Gasteiger partial charge in [-0.3, -0.25) is 0 Å². The van der Waals surface area contributed by atoms with Crippen molar-refractivity contribution in [1.82, 2.24) is 5.32 Å². The minimum atomic E-state index is -1.03. The molecule has 0 unspecified atom stereocenters. The molecule has 1 rings (SSSR count). The molecular formula is C13H18FNO2. The number of rotatable bonds is 6. The average molecular weight is 239 g/mol. The molecule has 4 heteroatoms. The topological polar surface area (TPSA) is 49.3 Å². The molecule has 0 heterocycles. The Hall–Kier alpha value is -1.58. The van der Waals surface area contributed by atoms with Crippen LogP contribution in [0.15, 0.2) is 24.3 Å². The van der Waals surface area contributed by atoms with Gasteiger partial charge in [0, 0.05) is 6.04 Å². The highest BCUT2D eigenvalue weighted by Crippen LogP contribution is 2.10. The Labute approximate surface area is 101 Å². The minimum absolute atomic E-state index is 0.144. The van der Waals surface area contributed by atoms with E-state index in [9.17, 15) is 9.18 Å². The second-order valence-corrected chi connectivity index (χ2v) is 4.12. The highest BCUT2D eigenvalue weighted by molar-refractivity contribution is 5.64. The third kappa shape index (κ3) is 5.33. The molecule has 0 saturated heterocycles. The smallest absolute Gasteiger partial charge is 0.404 e. The Morgan fingerprint density at radius 2 is 2.29 bits per heavy atom. The van der Waals surface area contributed by atoms with Gasteiger partial charge >= 0.3 is 6.09 Å². The first-order valence-corrected chi connectivity index (χ1v) is 5.85. The summed E-state index contributed by atoms with van der Waals surface area (Å²) in [6, 6.07) is 6.14. The molecule has 0 aliphatic carbocycles. The van der Waals surface area contributed by atoms with Crippen molar-refractivity contribution in [3.8, 4) is 0 Å². The van der Waals surface area contributed by atoms with Gasteiger partial charge < -0.3 is 10.4 Å². The van der Waals surface area contributed by atoms with Crippen LogP contribution >= 0.6 is 0 Å². The van der Waals surface area contributed by atoms with Crippen LogP contribution in [0.4, 0.5) is 9.18 Å². The summed E-state index contributed by atoms with van der Waals surface area (Å²) in [4.78, 5) is 10.6. The molecule has 0 spiro atoms. The number of benzene rings is 1. The molecule has 0 radical (unpaired) electrons. The van der Waals surface area contributed by atoms with Crippen LogP contribution in [0.1, 0.15) is 31.7 Å². The first kappa shape index (κ1) is 13.5. The van der Waals surface area contributed by atoms with Gasteiger partial charge in [0.05, 0.1) is 0 Å². The number of hydrogen-bond donors (Lipinski definition) is 2. The zero-order valence-electron chi connectivity index (χ0n) is 9.95. The zero-order valence-corrected chi connectivity index (χ0v) is 9.95. The summed E-state index contributed by atoms with van der Waals surface area (Å²) in [6.07, 6.45) is 2.26. The number of halogens is 1. The van der Waals surface area contributed by atoms with E-state index in [0.717, 1.165) is 24.8 Å². The fourth-order valence-electron chi connectivity index (χ4n) is 1.80. The minimum Gasteiger partial charge on any atom is -0.465 e. The van der Waals surface area contributed by atoms with E-state index in [1.165, 1.54) is 12.1 Å². The molecule has 0 bridgehead atoms. The molecule has 2 N–H and O–H groups in total. The van der Waals surface area contributed by atoms with E-state index in [1.54, 1.807) is 6.07 Å². The van der Waals surface area contributed by atoms with E-state index in [-0.39, 0.29) is 11.9 Å². The first-order chi connectivity index (χ1) is 8.11. The summed E-state index contributed by atoms with van der Waals surface area (Å²) < 4.78 is 13.0. The van der Waals surface area contributed by atoms with Crippen molar-refractivity contribution >= 4 is 6.09 Å². The third-order valence-corrected chi connectivity index (χ3v) is 2.60. The van der Waals surface area contributed by atoms with Crippen LogP contribution in [0, 0.1) is 5.82 Å². The molecule has 17 heavy (non-hydrogen) atoms. The van der Waals surface area contributed by atoms with Gasteiger partial charge in [0.25, 0.3) is 0 Å². The fraction of sp³-hybridized carbons (Fsp3) is 0.462. The molecule has 0 fully saturated rings. The summed E-state index contributed by atoms with van der Waals surface area (Å²) >= 11 is 0. The molecule has 0 aliphatic heterocycles. The van der Waals surface area contributed by atoms with E-state index < -0.39 is 6.09 Å². The van der Waals surface area contributed by atoms with Crippen molar-refractivity contribution in [2.24, 2.45) is 0 Å². The fourth-order valence-corrected chi connectivity index (χ4v) is 1.80. The van der Waals surface area contributed by atoms with Crippen LogP contribution in [0.3, 0.4) is 0 Å². The zero-order chi connectivity index (χ0) is 12.7. The van der Waals surface area contributed by atoms with Gasteiger partial charge in [-0.1, -0.05) is 31.9 Å². The van der Waals surface area contributed by atoms with Gasteiger partial charge in [0.1, 0.15) is 5.82 Å². The quantitative estimate of drug-likeness (QED) is 0.801. The summed E-state index contributed by atoms with van der Waals surface area (Å²) in [6.45, 7) is 2.06. The molecule has 3 nitrogen and oxygen atoms in total. The average Bonchev–Trinajstić information content (AvgIpc) is 2.25. The number of nitrogens with one attached hydrogen (secondary N) is 1. The lowest BCUT2D eigenvalue weighted by Gasteiger charge is -2.16. The van der Waals surface area contributed by atoms with Crippen molar-refractivity contribution < 1.29 is 14.3 Å². The molecule has 0 aromatic heterocycles. The second-order valence-electron chi connectivity index (χ2n) is 4.12. The molecule has 1 atom stereocenters. The third-order valence-electron chi connectivity index (χ3n) is 2.60. The number of carbonyl (C=O) groups is 1. The van der Waals surface area contributed by atoms with Crippen molar-refractivity contribution in [2.45, 2.75) is 38.6 Å². The van der Waals surface area contributed by atoms with Crippen molar-refractivity contribution in [1.29, 1.82) is 0 Å². The van der Waals surface area contributed by atoms with Gasteiger partial charge in [-0.15, -0.1) is 0 Å². The van der Waals surface area contributed by atoms with E-state index in [0.29, 0.717) is 6.42 Å². The van der Waals surface area contributed by atoms with Gasteiger partial charge in [0.15, 0.2) is 0 Å². The Morgan fingerprint density at radius 1 is 1.53 bits per heavy atom. The van der Waals surface area contributed by atoms with Crippen LogP contribution in [0.25, 0.3) is 0 Å². The highest BCUT2D eigenvalue weighted by atomic mass is 19.1. The van der Waals surface area contributed by atoms with Gasteiger partial charge in [-0.2, -0.15) is 0 Å². The van der Waals surface area contributed by atoms with Crippen molar-refractivity contribution in [3.05, 3.63) is 35.6 Å². The van der Waals surface area contributed by atoms with Crippen molar-refractivity contribution in [2.75, 3.05) is 0 Å². The van der Waals surface area contributed by atoms with Crippen molar-refractivity contribution in [3.63, 3.8) is 0 Å². The van der Waals surface area contributed by atoms with Gasteiger partial charge in [-0.25, -0.2) is 9.18 Å². The Morgan fingerprint density at radius 3 is 2.88 bits per heavy atom. The molecule has 0 aliphatic rings. The van der Waals surface area contributed by atoms with E-state index in [1.807, 2.05) is 6.07 Å². The predicted molar refractivity (Wildman–Crippen MR) is 64.6 cm³/mol. The number of carboxylic acid groups (broad SMARTS) is 1.